The first-order chi connectivity index (χ1) is 12.6. The van der Waals surface area contributed by atoms with Crippen molar-refractivity contribution in [1.29, 1.82) is 0 Å². The lowest BCUT2D eigenvalue weighted by Gasteiger charge is -2.18. The summed E-state index contributed by atoms with van der Waals surface area (Å²) in [6.07, 6.45) is 9.79. The van der Waals surface area contributed by atoms with Crippen molar-refractivity contribution >= 4 is 23.5 Å². The molecule has 26 heavy (non-hydrogen) atoms. The molecule has 5 heteroatoms. The van der Waals surface area contributed by atoms with Crippen molar-refractivity contribution in [2.75, 3.05) is 12.4 Å². The molecule has 148 valence electrons. The highest BCUT2D eigenvalue weighted by atomic mass is 32.2. The van der Waals surface area contributed by atoms with Crippen molar-refractivity contribution in [3.05, 3.63) is 0 Å². The summed E-state index contributed by atoms with van der Waals surface area (Å²) in [7, 11) is 0. The van der Waals surface area contributed by atoms with Gasteiger partial charge in [-0.3, -0.25) is 4.79 Å². The third-order valence-corrected chi connectivity index (χ3v) is 5.83. The lowest BCUT2D eigenvalue weighted by molar-refractivity contribution is -0.148. The molecule has 1 saturated carbocycles. The van der Waals surface area contributed by atoms with E-state index in [0.717, 1.165) is 64.2 Å². The van der Waals surface area contributed by atoms with Gasteiger partial charge in [0.15, 0.2) is 5.44 Å². The van der Waals surface area contributed by atoms with Crippen LogP contribution in [-0.2, 0) is 14.3 Å². The Bertz CT molecular complexity index is 480. The van der Waals surface area contributed by atoms with Gasteiger partial charge in [0.05, 0.1) is 6.61 Å². The molecular formula is C21H34O4S. The van der Waals surface area contributed by atoms with Crippen molar-refractivity contribution < 1.29 is 19.4 Å². The molecular weight excluding hydrogens is 348 g/mol. The monoisotopic (exact) mass is 382 g/mol. The third kappa shape index (κ3) is 9.09. The zero-order chi connectivity index (χ0) is 19.2. The molecule has 0 spiro atoms. The first-order valence-electron chi connectivity index (χ1n) is 10.0. The normalized spacial score (nSPS) is 20.5. The van der Waals surface area contributed by atoms with Crippen LogP contribution in [-0.4, -0.2) is 34.7 Å². The Hall–Kier alpha value is -0.990. The quantitative estimate of drug-likeness (QED) is 0.235. The Kier molecular flexibility index (Phi) is 12.5. The van der Waals surface area contributed by atoms with Crippen LogP contribution in [0.15, 0.2) is 0 Å². The lowest BCUT2D eigenvalue weighted by Crippen LogP contribution is -2.20. The zero-order valence-electron chi connectivity index (χ0n) is 16.3. The highest BCUT2D eigenvalue weighted by Gasteiger charge is 2.33. The molecule has 0 aliphatic heterocycles. The molecule has 1 unspecified atom stereocenters. The van der Waals surface area contributed by atoms with Gasteiger partial charge in [-0.05, 0) is 57.1 Å². The molecule has 0 heterocycles. The summed E-state index contributed by atoms with van der Waals surface area (Å²) >= 11 is 1.21. The molecule has 0 amide bonds. The second-order valence-electron chi connectivity index (χ2n) is 6.84. The number of ketones is 1. The molecule has 4 nitrogen and oxygen atoms in total. The maximum Gasteiger partial charge on any atom is 0.345 e. The fraction of sp³-hybridized carbons (Fsp3) is 0.810. The number of carbonyl (C=O) groups is 2. The molecule has 1 aliphatic carbocycles. The van der Waals surface area contributed by atoms with Gasteiger partial charge >= 0.3 is 5.97 Å². The molecule has 0 aromatic rings. The largest absolute Gasteiger partial charge is 0.463 e. The summed E-state index contributed by atoms with van der Waals surface area (Å²) < 4.78 is 4.77. The molecule has 0 radical (unpaired) electrons. The van der Waals surface area contributed by atoms with E-state index in [2.05, 4.69) is 18.8 Å². The molecule has 0 aromatic carbocycles. The topological polar surface area (TPSA) is 63.6 Å². The van der Waals surface area contributed by atoms with Crippen LogP contribution < -0.4 is 0 Å². The highest BCUT2D eigenvalue weighted by molar-refractivity contribution is 8.00. The van der Waals surface area contributed by atoms with Crippen LogP contribution in [0.25, 0.3) is 0 Å². The number of hydrogen-bond donors (Lipinski definition) is 1. The minimum Gasteiger partial charge on any atom is -0.463 e. The summed E-state index contributed by atoms with van der Waals surface area (Å²) in [5.41, 5.74) is -1.09. The van der Waals surface area contributed by atoms with Gasteiger partial charge in [-0.1, -0.05) is 13.3 Å². The summed E-state index contributed by atoms with van der Waals surface area (Å²) in [6.45, 7) is 4.15. The Morgan fingerprint density at radius 2 is 2.00 bits per heavy atom. The van der Waals surface area contributed by atoms with Crippen LogP contribution in [0.2, 0.25) is 0 Å². The van der Waals surface area contributed by atoms with Gasteiger partial charge in [0, 0.05) is 25.2 Å². The molecule has 1 aliphatic rings. The van der Waals surface area contributed by atoms with Crippen molar-refractivity contribution in [3.63, 3.8) is 0 Å². The fourth-order valence-electron chi connectivity index (χ4n) is 3.42. The molecule has 0 bridgehead atoms. The number of ether oxygens (including phenoxy) is 1. The van der Waals surface area contributed by atoms with E-state index in [1.165, 1.54) is 11.8 Å². The highest BCUT2D eigenvalue weighted by Crippen LogP contribution is 2.36. The first kappa shape index (κ1) is 23.0. The average Bonchev–Trinajstić information content (AvgIpc) is 2.97. The number of unbranched alkanes of at least 4 members (excludes halogenated alkanes) is 3. The Balaban J connectivity index is 2.20. The molecule has 3 atom stereocenters. The average molecular weight is 383 g/mol. The molecule has 0 saturated heterocycles. The van der Waals surface area contributed by atoms with Crippen LogP contribution in [0.3, 0.4) is 0 Å². The minimum absolute atomic E-state index is 0.207. The second kappa shape index (κ2) is 14.1. The Morgan fingerprint density at radius 1 is 1.23 bits per heavy atom. The summed E-state index contributed by atoms with van der Waals surface area (Å²) in [4.78, 5) is 23.5. The first-order valence-corrected chi connectivity index (χ1v) is 11.1. The number of Topliss-reactive ketones (excluding diaryl/α,β-unsaturated/α-hetero) is 1. The minimum atomic E-state index is -1.09. The Labute approximate surface area is 162 Å². The number of carbonyl (C=O) groups excluding carboxylic acids is 2. The lowest BCUT2D eigenvalue weighted by atomic mass is 9.87. The van der Waals surface area contributed by atoms with E-state index in [1.807, 2.05) is 0 Å². The summed E-state index contributed by atoms with van der Waals surface area (Å²) in [5, 5.41) is 9.64. The van der Waals surface area contributed by atoms with E-state index in [0.29, 0.717) is 17.5 Å². The fourth-order valence-corrected chi connectivity index (χ4v) is 4.21. The van der Waals surface area contributed by atoms with Crippen LogP contribution in [0, 0.1) is 23.7 Å². The summed E-state index contributed by atoms with van der Waals surface area (Å²) in [6, 6.07) is 0. The maximum absolute atomic E-state index is 12.2. The number of rotatable bonds is 12. The van der Waals surface area contributed by atoms with Gasteiger partial charge in [-0.25, -0.2) is 4.79 Å². The van der Waals surface area contributed by atoms with Gasteiger partial charge in [-0.2, -0.15) is 0 Å². The van der Waals surface area contributed by atoms with Crippen molar-refractivity contribution in [1.82, 2.24) is 0 Å². The maximum atomic E-state index is 12.2. The number of esters is 1. The van der Waals surface area contributed by atoms with Crippen molar-refractivity contribution in [3.8, 4) is 11.8 Å². The summed E-state index contributed by atoms with van der Waals surface area (Å²) in [5.74, 6) is 7.70. The van der Waals surface area contributed by atoms with E-state index >= 15 is 0 Å². The molecule has 0 aromatic heterocycles. The number of aliphatic hydroxyl groups is 1. The number of aliphatic hydroxyl groups excluding tert-OH is 1. The van der Waals surface area contributed by atoms with Gasteiger partial charge in [0.1, 0.15) is 5.78 Å². The molecule has 1 fully saturated rings. The van der Waals surface area contributed by atoms with Crippen molar-refractivity contribution in [2.24, 2.45) is 11.8 Å². The van der Waals surface area contributed by atoms with Gasteiger partial charge < -0.3 is 9.84 Å². The SMILES string of the molecule is CCCC#CCCC[C@H]1CCC(=O)[C@@H]1CCCCSC(O)C(=O)OCC. The zero-order valence-corrected chi connectivity index (χ0v) is 17.1. The van der Waals surface area contributed by atoms with E-state index < -0.39 is 11.4 Å². The Morgan fingerprint density at radius 3 is 2.73 bits per heavy atom. The van der Waals surface area contributed by atoms with Crippen LogP contribution in [0.5, 0.6) is 0 Å². The van der Waals surface area contributed by atoms with E-state index in [1.54, 1.807) is 6.92 Å². The van der Waals surface area contributed by atoms with Crippen LogP contribution in [0.4, 0.5) is 0 Å². The standard InChI is InChI=1S/C21H34O4S/c1-3-5-6-7-8-9-12-17-14-15-19(22)18(17)13-10-11-16-26-21(24)20(23)25-4-2/h17-18,21,24H,3-5,8-16H2,1-2H3/t17-,18+,21?/m0/s1. The smallest absolute Gasteiger partial charge is 0.345 e. The second-order valence-corrected chi connectivity index (χ2v) is 8.03. The predicted octanol–water partition coefficient (Wildman–Crippen LogP) is 4.34. The van der Waals surface area contributed by atoms with Crippen LogP contribution in [0.1, 0.15) is 78.1 Å². The number of hydrogen-bond acceptors (Lipinski definition) is 5. The van der Waals surface area contributed by atoms with Gasteiger partial charge in [0.2, 0.25) is 0 Å². The number of thioether (sulfide) groups is 1. The van der Waals surface area contributed by atoms with E-state index in [4.69, 9.17) is 4.74 Å². The van der Waals surface area contributed by atoms with Gasteiger partial charge in [0.25, 0.3) is 0 Å². The molecule has 1 N–H and O–H groups in total. The van der Waals surface area contributed by atoms with E-state index in [-0.39, 0.29) is 12.5 Å². The predicted molar refractivity (Wildman–Crippen MR) is 107 cm³/mol. The molecule has 1 rings (SSSR count). The van der Waals surface area contributed by atoms with Crippen molar-refractivity contribution in [2.45, 2.75) is 83.5 Å². The van der Waals surface area contributed by atoms with Gasteiger partial charge in [-0.15, -0.1) is 23.6 Å². The van der Waals surface area contributed by atoms with Crippen LogP contribution >= 0.6 is 11.8 Å². The third-order valence-electron chi connectivity index (χ3n) is 4.79. The van der Waals surface area contributed by atoms with E-state index in [9.17, 15) is 14.7 Å².